The third-order valence-electron chi connectivity index (χ3n) is 2.97. The summed E-state index contributed by atoms with van der Waals surface area (Å²) in [7, 11) is 0. The summed E-state index contributed by atoms with van der Waals surface area (Å²) in [4.78, 5) is 5.50. The van der Waals surface area contributed by atoms with Crippen molar-refractivity contribution in [2.45, 2.75) is 26.4 Å². The van der Waals surface area contributed by atoms with Gasteiger partial charge >= 0.3 is 0 Å². The molecule has 0 aromatic heterocycles. The number of rotatable bonds is 8. The van der Waals surface area contributed by atoms with Crippen LogP contribution < -0.4 is 10.1 Å². The van der Waals surface area contributed by atoms with Gasteiger partial charge in [0, 0.05) is 32.2 Å². The molecule has 1 radical (unpaired) electrons. The molecule has 0 amide bonds. The van der Waals surface area contributed by atoms with Gasteiger partial charge in [0.25, 0.3) is 0 Å². The lowest BCUT2D eigenvalue weighted by Crippen LogP contribution is -2.43. The molecule has 117 valence electrons. The van der Waals surface area contributed by atoms with Crippen LogP contribution in [0.2, 0.25) is 0 Å². The van der Waals surface area contributed by atoms with Crippen molar-refractivity contribution in [1.29, 1.82) is 0 Å². The average molecular weight is 295 g/mol. The van der Waals surface area contributed by atoms with E-state index < -0.39 is 12.6 Å². The number of hydrogen-bond donors (Lipinski definition) is 1. The van der Waals surface area contributed by atoms with Gasteiger partial charge in [-0.25, -0.2) is 0 Å². The van der Waals surface area contributed by atoms with Crippen LogP contribution in [-0.4, -0.2) is 50.6 Å². The van der Waals surface area contributed by atoms with Crippen molar-refractivity contribution >= 4 is 0 Å². The molecule has 0 saturated carbocycles. The summed E-state index contributed by atoms with van der Waals surface area (Å²) in [6.45, 7) is 7.40. The van der Waals surface area contributed by atoms with Gasteiger partial charge in [0.2, 0.25) is 0 Å². The van der Waals surface area contributed by atoms with Gasteiger partial charge in [-0.15, -0.1) is 0 Å². The van der Waals surface area contributed by atoms with Gasteiger partial charge in [-0.3, -0.25) is 4.84 Å². The first-order valence-corrected chi connectivity index (χ1v) is 7.23. The Morgan fingerprint density at radius 3 is 2.76 bits per heavy atom. The molecule has 6 heteroatoms. The Labute approximate surface area is 125 Å². The zero-order chi connectivity index (χ0) is 14.9. The topological polar surface area (TPSA) is 52.2 Å². The molecule has 0 bridgehead atoms. The Morgan fingerprint density at radius 1 is 1.24 bits per heavy atom. The summed E-state index contributed by atoms with van der Waals surface area (Å²) in [6, 6.07) is 10.4. The second-order valence-electron chi connectivity index (χ2n) is 4.71. The molecule has 1 aliphatic rings. The molecule has 1 aromatic rings. The molecule has 21 heavy (non-hydrogen) atoms. The van der Waals surface area contributed by atoms with E-state index in [9.17, 15) is 0 Å². The van der Waals surface area contributed by atoms with Crippen LogP contribution in [0.25, 0.3) is 0 Å². The Balaban J connectivity index is 1.58. The quantitative estimate of drug-likeness (QED) is 0.731. The molecular weight excluding hydrogens is 272 g/mol. The van der Waals surface area contributed by atoms with Gasteiger partial charge in [-0.2, -0.15) is 5.06 Å². The molecule has 1 fully saturated rings. The molecule has 0 aliphatic carbocycles. The Bertz CT molecular complexity index is 385. The number of nitrogens with zero attached hydrogens (tertiary/aromatic N) is 1. The molecule has 2 atom stereocenters. The fourth-order valence-electron chi connectivity index (χ4n) is 1.94. The Kier molecular flexibility index (Phi) is 6.91. The van der Waals surface area contributed by atoms with E-state index in [1.807, 2.05) is 37.1 Å². The van der Waals surface area contributed by atoms with Gasteiger partial charge in [0.15, 0.2) is 19.4 Å². The number of hydrogen-bond acceptors (Lipinski definition) is 6. The fraction of sp³-hybridized carbons (Fsp3) is 0.600. The normalized spacial score (nSPS) is 19.1. The van der Waals surface area contributed by atoms with Crippen LogP contribution in [0, 0.1) is 6.07 Å². The van der Waals surface area contributed by atoms with Crippen LogP contribution in [0.1, 0.15) is 13.8 Å². The third kappa shape index (κ3) is 6.41. The van der Waals surface area contributed by atoms with Crippen molar-refractivity contribution in [3.63, 3.8) is 0 Å². The second kappa shape index (κ2) is 8.96. The number of nitrogens with one attached hydrogen (secondary N) is 1. The highest BCUT2D eigenvalue weighted by Crippen LogP contribution is 2.11. The maximum absolute atomic E-state index is 5.57. The van der Waals surface area contributed by atoms with Crippen LogP contribution >= 0.6 is 0 Å². The molecule has 0 spiro atoms. The zero-order valence-corrected chi connectivity index (χ0v) is 12.6. The van der Waals surface area contributed by atoms with Gasteiger partial charge in [-0.05, 0) is 19.9 Å². The van der Waals surface area contributed by atoms with Crippen molar-refractivity contribution in [1.82, 2.24) is 10.4 Å². The van der Waals surface area contributed by atoms with E-state index in [0.29, 0.717) is 5.75 Å². The molecule has 1 N–H and O–H groups in total. The summed E-state index contributed by atoms with van der Waals surface area (Å²) in [5.74, 6) is 0.647. The number of ether oxygens (including phenoxy) is 3. The minimum Gasteiger partial charge on any atom is -0.465 e. The maximum atomic E-state index is 5.57. The van der Waals surface area contributed by atoms with Crippen LogP contribution in [-0.2, 0) is 14.3 Å². The minimum absolute atomic E-state index is 0.172. The van der Waals surface area contributed by atoms with E-state index in [0.717, 1.165) is 26.2 Å². The molecule has 1 heterocycles. The van der Waals surface area contributed by atoms with E-state index in [1.165, 1.54) is 0 Å². The Morgan fingerprint density at radius 2 is 2.05 bits per heavy atom. The summed E-state index contributed by atoms with van der Waals surface area (Å²) >= 11 is 0. The Hall–Kier alpha value is -1.18. The van der Waals surface area contributed by atoms with Crippen molar-refractivity contribution in [2.24, 2.45) is 0 Å². The molecule has 2 rings (SSSR count). The third-order valence-corrected chi connectivity index (χ3v) is 2.97. The monoisotopic (exact) mass is 295 g/mol. The lowest BCUT2D eigenvalue weighted by Gasteiger charge is -2.27. The fourth-order valence-corrected chi connectivity index (χ4v) is 1.94. The summed E-state index contributed by atoms with van der Waals surface area (Å²) in [6.07, 6.45) is -0.829. The lowest BCUT2D eigenvalue weighted by atomic mass is 10.3. The van der Waals surface area contributed by atoms with Crippen LogP contribution in [0.4, 0.5) is 0 Å². The lowest BCUT2D eigenvalue weighted by molar-refractivity contribution is -0.286. The number of piperazine rings is 1. The second-order valence-corrected chi connectivity index (χ2v) is 4.71. The number of benzene rings is 1. The molecule has 6 nitrogen and oxygen atoms in total. The van der Waals surface area contributed by atoms with Crippen molar-refractivity contribution in [3.05, 3.63) is 30.3 Å². The maximum Gasteiger partial charge on any atom is 0.199 e. The highest BCUT2D eigenvalue weighted by Gasteiger charge is 2.13. The minimum atomic E-state index is -0.419. The summed E-state index contributed by atoms with van der Waals surface area (Å²) < 4.78 is 16.6. The molecule has 1 aromatic carbocycles. The number of para-hydroxylation sites is 1. The van der Waals surface area contributed by atoms with Gasteiger partial charge < -0.3 is 19.5 Å². The predicted molar refractivity (Wildman–Crippen MR) is 77.4 cm³/mol. The molecular formula is C15H23N2O4. The van der Waals surface area contributed by atoms with Crippen molar-refractivity contribution in [3.8, 4) is 5.75 Å². The molecule has 1 saturated heterocycles. The highest BCUT2D eigenvalue weighted by molar-refractivity contribution is 5.19. The first-order valence-electron chi connectivity index (χ1n) is 7.23. The van der Waals surface area contributed by atoms with Crippen LogP contribution in [0.5, 0.6) is 5.75 Å². The van der Waals surface area contributed by atoms with Gasteiger partial charge in [0.05, 0.1) is 0 Å². The SMILES string of the molecule is CC(OCON1CCNCC1)OC(C)Oc1[c]cccc1. The zero-order valence-electron chi connectivity index (χ0n) is 12.6. The van der Waals surface area contributed by atoms with Crippen LogP contribution in [0.15, 0.2) is 24.3 Å². The largest absolute Gasteiger partial charge is 0.465 e. The van der Waals surface area contributed by atoms with Gasteiger partial charge in [0.1, 0.15) is 5.75 Å². The standard InChI is InChI=1S/C15H23N2O4/c1-13(18-12-19-17-10-8-16-9-11-17)20-14(2)21-15-6-4-3-5-7-15/h3-6,13-14,16H,8-12H2,1-2H3. The molecule has 2 unspecified atom stereocenters. The van der Waals surface area contributed by atoms with Crippen molar-refractivity contribution in [2.75, 3.05) is 33.0 Å². The predicted octanol–water partition coefficient (Wildman–Crippen LogP) is 1.39. The van der Waals surface area contributed by atoms with Gasteiger partial charge in [-0.1, -0.05) is 18.2 Å². The van der Waals surface area contributed by atoms with E-state index >= 15 is 0 Å². The molecule has 1 aliphatic heterocycles. The first kappa shape index (κ1) is 16.2. The van der Waals surface area contributed by atoms with E-state index in [1.54, 1.807) is 6.07 Å². The summed E-state index contributed by atoms with van der Waals surface area (Å²) in [5, 5.41) is 5.15. The van der Waals surface area contributed by atoms with E-state index in [4.69, 9.17) is 19.0 Å². The van der Waals surface area contributed by atoms with E-state index in [-0.39, 0.29) is 6.79 Å². The van der Waals surface area contributed by atoms with Crippen molar-refractivity contribution < 1.29 is 19.0 Å². The number of hydroxylamine groups is 2. The van der Waals surface area contributed by atoms with Crippen LogP contribution in [0.3, 0.4) is 0 Å². The highest BCUT2D eigenvalue weighted by atomic mass is 16.8. The smallest absolute Gasteiger partial charge is 0.199 e. The summed E-state index contributed by atoms with van der Waals surface area (Å²) in [5.41, 5.74) is 0. The average Bonchev–Trinajstić information content (AvgIpc) is 2.49. The van der Waals surface area contributed by atoms with E-state index in [2.05, 4.69) is 11.4 Å². The first-order chi connectivity index (χ1) is 10.2.